The summed E-state index contributed by atoms with van der Waals surface area (Å²) in [6.07, 6.45) is -5.01. The molecule has 0 aromatic heterocycles. The highest BCUT2D eigenvalue weighted by atomic mass is 19.4. The summed E-state index contributed by atoms with van der Waals surface area (Å²) >= 11 is 0. The molecule has 1 unspecified atom stereocenters. The minimum Gasteiger partial charge on any atom is -0.324 e. The molecule has 0 aliphatic rings. The Bertz CT molecular complexity index is 268. The highest BCUT2D eigenvalue weighted by Crippen LogP contribution is 2.25. The first-order valence-electron chi connectivity index (χ1n) is 4.36. The lowest BCUT2D eigenvalue weighted by molar-refractivity contribution is -0.136. The standard InChI is InChI=1S/C10H12F3N/c11-10(12,13)7-6-9(14)8-4-2-1-3-5-8/h1-5,9H,6-7,14H2. The minimum atomic E-state index is -4.12. The van der Waals surface area contributed by atoms with Crippen LogP contribution in [0.25, 0.3) is 0 Å². The fourth-order valence-electron chi connectivity index (χ4n) is 1.19. The zero-order chi connectivity index (χ0) is 10.6. The number of nitrogens with two attached hydrogens (primary N) is 1. The summed E-state index contributed by atoms with van der Waals surface area (Å²) < 4.78 is 35.6. The molecular formula is C10H12F3N. The molecule has 1 aromatic carbocycles. The van der Waals surface area contributed by atoms with E-state index in [1.165, 1.54) is 0 Å². The van der Waals surface area contributed by atoms with Crippen molar-refractivity contribution in [2.24, 2.45) is 5.73 Å². The van der Waals surface area contributed by atoms with Crippen LogP contribution >= 0.6 is 0 Å². The molecule has 1 aromatic rings. The quantitative estimate of drug-likeness (QED) is 0.802. The van der Waals surface area contributed by atoms with Crippen LogP contribution in [-0.2, 0) is 0 Å². The first-order chi connectivity index (χ1) is 6.49. The SMILES string of the molecule is NC(CCC(F)(F)F)c1ccccc1. The molecule has 0 heterocycles. The molecular weight excluding hydrogens is 191 g/mol. The Morgan fingerprint density at radius 1 is 1.14 bits per heavy atom. The summed E-state index contributed by atoms with van der Waals surface area (Å²) in [4.78, 5) is 0. The molecule has 0 saturated carbocycles. The van der Waals surface area contributed by atoms with Gasteiger partial charge in [0.05, 0.1) is 0 Å². The number of alkyl halides is 3. The van der Waals surface area contributed by atoms with Crippen molar-refractivity contribution in [1.29, 1.82) is 0 Å². The van der Waals surface area contributed by atoms with Crippen LogP contribution < -0.4 is 5.73 Å². The van der Waals surface area contributed by atoms with E-state index in [2.05, 4.69) is 0 Å². The number of hydrogen-bond donors (Lipinski definition) is 1. The van der Waals surface area contributed by atoms with E-state index in [1.54, 1.807) is 30.3 Å². The predicted octanol–water partition coefficient (Wildman–Crippen LogP) is 3.03. The molecule has 0 saturated heterocycles. The van der Waals surface area contributed by atoms with E-state index in [4.69, 9.17) is 5.73 Å². The Labute approximate surface area is 80.7 Å². The first kappa shape index (κ1) is 11.0. The second-order valence-corrected chi connectivity index (χ2v) is 3.17. The van der Waals surface area contributed by atoms with Gasteiger partial charge in [-0.1, -0.05) is 30.3 Å². The molecule has 0 fully saturated rings. The van der Waals surface area contributed by atoms with Crippen molar-refractivity contribution in [3.05, 3.63) is 35.9 Å². The van der Waals surface area contributed by atoms with Gasteiger partial charge in [0.1, 0.15) is 0 Å². The van der Waals surface area contributed by atoms with Crippen molar-refractivity contribution < 1.29 is 13.2 Å². The molecule has 0 aliphatic heterocycles. The van der Waals surface area contributed by atoms with Gasteiger partial charge >= 0.3 is 6.18 Å². The largest absolute Gasteiger partial charge is 0.389 e. The summed E-state index contributed by atoms with van der Waals surface area (Å²) in [7, 11) is 0. The minimum absolute atomic E-state index is 0.0620. The van der Waals surface area contributed by atoms with E-state index in [0.717, 1.165) is 5.56 Å². The number of hydrogen-bond acceptors (Lipinski definition) is 1. The zero-order valence-corrected chi connectivity index (χ0v) is 7.59. The van der Waals surface area contributed by atoms with E-state index in [0.29, 0.717) is 0 Å². The average molecular weight is 203 g/mol. The van der Waals surface area contributed by atoms with Crippen LogP contribution in [0.5, 0.6) is 0 Å². The van der Waals surface area contributed by atoms with E-state index in [-0.39, 0.29) is 6.42 Å². The van der Waals surface area contributed by atoms with Gasteiger partial charge in [-0.05, 0) is 12.0 Å². The van der Waals surface area contributed by atoms with Gasteiger partial charge in [-0.3, -0.25) is 0 Å². The smallest absolute Gasteiger partial charge is 0.324 e. The number of benzene rings is 1. The van der Waals surface area contributed by atoms with Gasteiger partial charge < -0.3 is 5.73 Å². The molecule has 14 heavy (non-hydrogen) atoms. The van der Waals surface area contributed by atoms with Crippen molar-refractivity contribution >= 4 is 0 Å². The van der Waals surface area contributed by atoms with Crippen LogP contribution in [0.4, 0.5) is 13.2 Å². The lowest BCUT2D eigenvalue weighted by Crippen LogP contribution is -2.15. The molecule has 1 nitrogen and oxygen atoms in total. The third-order valence-corrected chi connectivity index (χ3v) is 1.97. The van der Waals surface area contributed by atoms with Gasteiger partial charge in [0.25, 0.3) is 0 Å². The van der Waals surface area contributed by atoms with Crippen molar-refractivity contribution in [3.63, 3.8) is 0 Å². The van der Waals surface area contributed by atoms with Crippen LogP contribution in [0.1, 0.15) is 24.4 Å². The summed E-state index contributed by atoms with van der Waals surface area (Å²) in [6, 6.07) is 8.28. The summed E-state index contributed by atoms with van der Waals surface area (Å²) in [5.74, 6) is 0. The van der Waals surface area contributed by atoms with Gasteiger partial charge in [-0.25, -0.2) is 0 Å². The van der Waals surface area contributed by atoms with Gasteiger partial charge in [0.2, 0.25) is 0 Å². The van der Waals surface area contributed by atoms with Gasteiger partial charge in [0.15, 0.2) is 0 Å². The topological polar surface area (TPSA) is 26.0 Å². The van der Waals surface area contributed by atoms with Crippen LogP contribution in [-0.4, -0.2) is 6.18 Å². The van der Waals surface area contributed by atoms with Gasteiger partial charge in [0, 0.05) is 12.5 Å². The fourth-order valence-corrected chi connectivity index (χ4v) is 1.19. The molecule has 2 N–H and O–H groups in total. The predicted molar refractivity (Wildman–Crippen MR) is 48.7 cm³/mol. The van der Waals surface area contributed by atoms with Crippen LogP contribution in [0.2, 0.25) is 0 Å². The molecule has 0 aliphatic carbocycles. The summed E-state index contributed by atoms with van der Waals surface area (Å²) in [5, 5.41) is 0. The number of halogens is 3. The van der Waals surface area contributed by atoms with E-state index >= 15 is 0 Å². The Morgan fingerprint density at radius 2 is 1.71 bits per heavy atom. The molecule has 0 radical (unpaired) electrons. The lowest BCUT2D eigenvalue weighted by atomic mass is 10.0. The third-order valence-electron chi connectivity index (χ3n) is 1.97. The summed E-state index contributed by atoms with van der Waals surface area (Å²) in [6.45, 7) is 0. The lowest BCUT2D eigenvalue weighted by Gasteiger charge is -2.13. The van der Waals surface area contributed by atoms with Crippen LogP contribution in [0.15, 0.2) is 30.3 Å². The Morgan fingerprint density at radius 3 is 2.21 bits per heavy atom. The second-order valence-electron chi connectivity index (χ2n) is 3.17. The summed E-state index contributed by atoms with van der Waals surface area (Å²) in [5.41, 5.74) is 6.35. The van der Waals surface area contributed by atoms with Gasteiger partial charge in [-0.2, -0.15) is 13.2 Å². The highest BCUT2D eigenvalue weighted by Gasteiger charge is 2.27. The van der Waals surface area contributed by atoms with Crippen LogP contribution in [0.3, 0.4) is 0 Å². The molecule has 0 amide bonds. The van der Waals surface area contributed by atoms with Gasteiger partial charge in [-0.15, -0.1) is 0 Å². The van der Waals surface area contributed by atoms with E-state index in [1.807, 2.05) is 0 Å². The maximum atomic E-state index is 11.9. The van der Waals surface area contributed by atoms with Crippen molar-refractivity contribution in [2.75, 3.05) is 0 Å². The molecule has 1 atom stereocenters. The maximum Gasteiger partial charge on any atom is 0.389 e. The highest BCUT2D eigenvalue weighted by molar-refractivity contribution is 5.18. The fraction of sp³-hybridized carbons (Fsp3) is 0.400. The van der Waals surface area contributed by atoms with Crippen molar-refractivity contribution in [3.8, 4) is 0 Å². The van der Waals surface area contributed by atoms with E-state index in [9.17, 15) is 13.2 Å². The molecule has 1 rings (SSSR count). The number of rotatable bonds is 3. The second kappa shape index (κ2) is 4.46. The average Bonchev–Trinajstić information content (AvgIpc) is 2.14. The Hall–Kier alpha value is -1.03. The Balaban J connectivity index is 2.48. The maximum absolute atomic E-state index is 11.9. The normalized spacial score (nSPS) is 14.0. The van der Waals surface area contributed by atoms with Crippen LogP contribution in [0, 0.1) is 0 Å². The monoisotopic (exact) mass is 203 g/mol. The molecule has 0 bridgehead atoms. The zero-order valence-electron chi connectivity index (χ0n) is 7.59. The van der Waals surface area contributed by atoms with Crippen molar-refractivity contribution in [1.82, 2.24) is 0 Å². The van der Waals surface area contributed by atoms with E-state index < -0.39 is 18.6 Å². The van der Waals surface area contributed by atoms with Crippen molar-refractivity contribution in [2.45, 2.75) is 25.1 Å². The third kappa shape index (κ3) is 3.79. The Kier molecular flexibility index (Phi) is 3.52. The molecule has 4 heteroatoms. The first-order valence-corrected chi connectivity index (χ1v) is 4.36. The molecule has 78 valence electrons. The molecule has 0 spiro atoms.